The molecule has 0 radical (unpaired) electrons. The normalized spacial score (nSPS) is 13.2. The number of alkyl halides is 1. The molecule has 0 aliphatic heterocycles. The molecular formula is C10H15FN2. The molecule has 0 aliphatic rings. The Kier molecular flexibility index (Phi) is 3.83. The van der Waals surface area contributed by atoms with Crippen LogP contribution in [0.3, 0.4) is 0 Å². The van der Waals surface area contributed by atoms with Gasteiger partial charge in [0, 0.05) is 18.8 Å². The lowest BCUT2D eigenvalue weighted by Crippen LogP contribution is -2.25. The van der Waals surface area contributed by atoms with E-state index >= 15 is 0 Å². The average molecular weight is 182 g/mol. The minimum Gasteiger partial charge on any atom is -0.295 e. The van der Waals surface area contributed by atoms with Gasteiger partial charge >= 0.3 is 0 Å². The first-order valence-corrected chi connectivity index (χ1v) is 4.43. The second-order valence-corrected chi connectivity index (χ2v) is 3.10. The van der Waals surface area contributed by atoms with E-state index < -0.39 is 0 Å². The van der Waals surface area contributed by atoms with Gasteiger partial charge in [-0.2, -0.15) is 0 Å². The quantitative estimate of drug-likeness (QED) is 0.708. The Morgan fingerprint density at radius 2 is 2.31 bits per heavy atom. The highest BCUT2D eigenvalue weighted by molar-refractivity contribution is 5.07. The molecule has 2 nitrogen and oxygen atoms in total. The van der Waals surface area contributed by atoms with Crippen LogP contribution in [0.1, 0.15) is 18.7 Å². The molecular weight excluding hydrogens is 167 g/mol. The van der Waals surface area contributed by atoms with Gasteiger partial charge in [-0.3, -0.25) is 9.88 Å². The molecule has 1 rings (SSSR count). The van der Waals surface area contributed by atoms with Crippen LogP contribution >= 0.6 is 0 Å². The molecule has 0 amide bonds. The Balaban J connectivity index is 2.62. The molecule has 13 heavy (non-hydrogen) atoms. The maximum atomic E-state index is 12.1. The van der Waals surface area contributed by atoms with Gasteiger partial charge in [0.2, 0.25) is 0 Å². The van der Waals surface area contributed by atoms with Crippen molar-refractivity contribution in [3.8, 4) is 0 Å². The van der Waals surface area contributed by atoms with Gasteiger partial charge in [0.15, 0.2) is 0 Å². The third-order valence-corrected chi connectivity index (χ3v) is 2.21. The maximum absolute atomic E-state index is 12.1. The number of halogens is 1. The van der Waals surface area contributed by atoms with Gasteiger partial charge in [0.25, 0.3) is 0 Å². The third-order valence-electron chi connectivity index (χ3n) is 2.21. The summed E-state index contributed by atoms with van der Waals surface area (Å²) in [5, 5.41) is 0. The molecule has 0 N–H and O–H groups in total. The van der Waals surface area contributed by atoms with Crippen LogP contribution in [0, 0.1) is 0 Å². The van der Waals surface area contributed by atoms with E-state index in [4.69, 9.17) is 0 Å². The number of nitrogens with zero attached hydrogens (tertiary/aromatic N) is 2. The zero-order chi connectivity index (χ0) is 9.68. The number of pyridine rings is 1. The predicted molar refractivity (Wildman–Crippen MR) is 51.3 cm³/mol. The highest BCUT2D eigenvalue weighted by Crippen LogP contribution is 2.14. The molecule has 0 bridgehead atoms. The van der Waals surface area contributed by atoms with Crippen LogP contribution in [0.4, 0.5) is 4.39 Å². The van der Waals surface area contributed by atoms with Crippen molar-refractivity contribution in [3.63, 3.8) is 0 Å². The van der Waals surface area contributed by atoms with Crippen LogP contribution in [0.5, 0.6) is 0 Å². The van der Waals surface area contributed by atoms with E-state index in [1.807, 2.05) is 37.1 Å². The fourth-order valence-corrected chi connectivity index (χ4v) is 1.18. The summed E-state index contributed by atoms with van der Waals surface area (Å²) in [5.74, 6) is 0. The van der Waals surface area contributed by atoms with Crippen LogP contribution in [0.15, 0.2) is 24.4 Å². The minimum absolute atomic E-state index is 0.178. The van der Waals surface area contributed by atoms with Crippen LogP contribution in [-0.4, -0.2) is 30.2 Å². The molecule has 1 aromatic heterocycles. The Bertz CT molecular complexity index is 238. The van der Waals surface area contributed by atoms with Gasteiger partial charge in [0.05, 0.1) is 5.69 Å². The second-order valence-electron chi connectivity index (χ2n) is 3.10. The molecule has 1 unspecified atom stereocenters. The Morgan fingerprint density at radius 3 is 2.85 bits per heavy atom. The number of rotatable bonds is 4. The van der Waals surface area contributed by atoms with Crippen molar-refractivity contribution in [2.75, 3.05) is 20.3 Å². The maximum Gasteiger partial charge on any atom is 0.102 e. The van der Waals surface area contributed by atoms with Gasteiger partial charge in [-0.05, 0) is 26.1 Å². The number of hydrogen-bond acceptors (Lipinski definition) is 2. The first-order valence-electron chi connectivity index (χ1n) is 4.43. The number of aromatic nitrogens is 1. The van der Waals surface area contributed by atoms with E-state index in [1.54, 1.807) is 6.20 Å². The zero-order valence-corrected chi connectivity index (χ0v) is 8.07. The number of hydrogen-bond donors (Lipinski definition) is 0. The van der Waals surface area contributed by atoms with Crippen molar-refractivity contribution < 1.29 is 4.39 Å². The first kappa shape index (κ1) is 10.1. The third kappa shape index (κ3) is 2.77. The largest absolute Gasteiger partial charge is 0.295 e. The van der Waals surface area contributed by atoms with Crippen molar-refractivity contribution in [2.24, 2.45) is 0 Å². The van der Waals surface area contributed by atoms with Gasteiger partial charge in [0.1, 0.15) is 6.67 Å². The summed E-state index contributed by atoms with van der Waals surface area (Å²) in [4.78, 5) is 6.16. The second kappa shape index (κ2) is 4.92. The SMILES string of the molecule is CC(c1ccccn1)N(C)CCF. The molecule has 72 valence electrons. The molecule has 3 heteroatoms. The van der Waals surface area contributed by atoms with Crippen molar-refractivity contribution in [3.05, 3.63) is 30.1 Å². The Morgan fingerprint density at radius 1 is 1.54 bits per heavy atom. The Labute approximate surface area is 78.4 Å². The van der Waals surface area contributed by atoms with Crippen LogP contribution in [-0.2, 0) is 0 Å². The standard InChI is InChI=1S/C10H15FN2/c1-9(13(2)8-6-11)10-5-3-4-7-12-10/h3-5,7,9H,6,8H2,1-2H3. The highest BCUT2D eigenvalue weighted by atomic mass is 19.1. The van der Waals surface area contributed by atoms with Gasteiger partial charge in [-0.1, -0.05) is 6.07 Å². The van der Waals surface area contributed by atoms with E-state index in [0.29, 0.717) is 6.54 Å². The lowest BCUT2D eigenvalue weighted by Gasteiger charge is -2.22. The fraction of sp³-hybridized carbons (Fsp3) is 0.500. The summed E-state index contributed by atoms with van der Waals surface area (Å²) in [5.41, 5.74) is 0.985. The molecule has 0 aromatic carbocycles. The molecule has 1 atom stereocenters. The molecule has 1 heterocycles. The molecule has 0 spiro atoms. The van der Waals surface area contributed by atoms with Crippen molar-refractivity contribution >= 4 is 0 Å². The topological polar surface area (TPSA) is 16.1 Å². The van der Waals surface area contributed by atoms with Gasteiger partial charge in [-0.15, -0.1) is 0 Å². The fourth-order valence-electron chi connectivity index (χ4n) is 1.18. The zero-order valence-electron chi connectivity index (χ0n) is 8.07. The van der Waals surface area contributed by atoms with E-state index in [-0.39, 0.29) is 12.7 Å². The molecule has 1 aromatic rings. The van der Waals surface area contributed by atoms with Crippen LogP contribution < -0.4 is 0 Å². The van der Waals surface area contributed by atoms with Crippen molar-refractivity contribution in [2.45, 2.75) is 13.0 Å². The van der Waals surface area contributed by atoms with Crippen molar-refractivity contribution in [1.29, 1.82) is 0 Å². The highest BCUT2D eigenvalue weighted by Gasteiger charge is 2.11. The smallest absolute Gasteiger partial charge is 0.102 e. The minimum atomic E-state index is -0.312. The van der Waals surface area contributed by atoms with E-state index in [9.17, 15) is 4.39 Å². The van der Waals surface area contributed by atoms with E-state index in [0.717, 1.165) is 5.69 Å². The Hall–Kier alpha value is -0.960. The molecule has 0 aliphatic carbocycles. The van der Waals surface area contributed by atoms with E-state index in [1.165, 1.54) is 0 Å². The average Bonchev–Trinajstić information content (AvgIpc) is 2.18. The summed E-state index contributed by atoms with van der Waals surface area (Å²) in [6.07, 6.45) is 1.76. The van der Waals surface area contributed by atoms with Gasteiger partial charge in [-0.25, -0.2) is 4.39 Å². The monoisotopic (exact) mass is 182 g/mol. The summed E-state index contributed by atoms with van der Waals surface area (Å²) >= 11 is 0. The van der Waals surface area contributed by atoms with E-state index in [2.05, 4.69) is 4.98 Å². The van der Waals surface area contributed by atoms with Gasteiger partial charge < -0.3 is 0 Å². The van der Waals surface area contributed by atoms with Crippen LogP contribution in [0.25, 0.3) is 0 Å². The van der Waals surface area contributed by atoms with Crippen molar-refractivity contribution in [1.82, 2.24) is 9.88 Å². The summed E-state index contributed by atoms with van der Waals surface area (Å²) in [6.45, 7) is 2.17. The predicted octanol–water partition coefficient (Wildman–Crippen LogP) is 2.04. The summed E-state index contributed by atoms with van der Waals surface area (Å²) in [6, 6.07) is 5.96. The first-order chi connectivity index (χ1) is 6.25. The lowest BCUT2D eigenvalue weighted by molar-refractivity contribution is 0.234. The summed E-state index contributed by atoms with van der Waals surface area (Å²) in [7, 11) is 1.90. The molecule has 0 fully saturated rings. The molecule has 0 saturated carbocycles. The van der Waals surface area contributed by atoms with Crippen LogP contribution in [0.2, 0.25) is 0 Å². The summed E-state index contributed by atoms with van der Waals surface area (Å²) < 4.78 is 12.1. The molecule has 0 saturated heterocycles. The lowest BCUT2D eigenvalue weighted by atomic mass is 10.2.